The van der Waals surface area contributed by atoms with E-state index >= 15 is 0 Å². The minimum atomic E-state index is -0.643. The Morgan fingerprint density at radius 1 is 0.947 bits per heavy atom. The first-order valence-corrected chi connectivity index (χ1v) is 6.57. The summed E-state index contributed by atoms with van der Waals surface area (Å²) in [5.41, 5.74) is 4.57. The number of hydrogen-bond acceptors (Lipinski definition) is 3. The highest BCUT2D eigenvalue weighted by molar-refractivity contribution is 5.34. The van der Waals surface area contributed by atoms with E-state index in [0.717, 1.165) is 22.5 Å². The molecule has 0 amide bonds. The second kappa shape index (κ2) is 5.49. The quantitative estimate of drug-likeness (QED) is 0.916. The van der Waals surface area contributed by atoms with Gasteiger partial charge in [-0.1, -0.05) is 38.1 Å². The molecule has 0 aliphatic heterocycles. The van der Waals surface area contributed by atoms with Gasteiger partial charge in [0.15, 0.2) is 0 Å². The van der Waals surface area contributed by atoms with Crippen LogP contribution in [-0.4, -0.2) is 15.3 Å². The standard InChI is InChI=1S/C16H20N2O/c1-10(2)13-5-7-14(8-6-13)16(19)15-9-11(3)17-18-12(15)4/h5-10,16,19H,1-4H3. The normalized spacial score (nSPS) is 12.7. The Morgan fingerprint density at radius 3 is 2.11 bits per heavy atom. The van der Waals surface area contributed by atoms with Crippen LogP contribution in [0.4, 0.5) is 0 Å². The van der Waals surface area contributed by atoms with Crippen LogP contribution < -0.4 is 0 Å². The molecule has 1 atom stereocenters. The monoisotopic (exact) mass is 256 g/mol. The average molecular weight is 256 g/mol. The number of nitrogens with zero attached hydrogens (tertiary/aromatic N) is 2. The van der Waals surface area contributed by atoms with Gasteiger partial charge in [-0.05, 0) is 37.0 Å². The van der Waals surface area contributed by atoms with Crippen LogP contribution in [0.1, 0.15) is 53.9 Å². The topological polar surface area (TPSA) is 46.0 Å². The Hall–Kier alpha value is -1.74. The fraction of sp³-hybridized carbons (Fsp3) is 0.375. The number of aryl methyl sites for hydroxylation is 2. The van der Waals surface area contributed by atoms with Gasteiger partial charge in [0.1, 0.15) is 6.10 Å². The zero-order valence-corrected chi connectivity index (χ0v) is 11.9. The summed E-state index contributed by atoms with van der Waals surface area (Å²) >= 11 is 0. The summed E-state index contributed by atoms with van der Waals surface area (Å²) in [6.45, 7) is 8.06. The van der Waals surface area contributed by atoms with E-state index in [-0.39, 0.29) is 0 Å². The maximum Gasteiger partial charge on any atom is 0.106 e. The zero-order valence-electron chi connectivity index (χ0n) is 11.9. The number of aromatic nitrogens is 2. The van der Waals surface area contributed by atoms with Gasteiger partial charge in [-0.25, -0.2) is 0 Å². The smallest absolute Gasteiger partial charge is 0.106 e. The fourth-order valence-electron chi connectivity index (χ4n) is 2.09. The van der Waals surface area contributed by atoms with Crippen molar-refractivity contribution >= 4 is 0 Å². The Morgan fingerprint density at radius 2 is 1.53 bits per heavy atom. The van der Waals surface area contributed by atoms with E-state index in [1.165, 1.54) is 5.56 Å². The van der Waals surface area contributed by atoms with E-state index < -0.39 is 6.10 Å². The van der Waals surface area contributed by atoms with E-state index in [1.54, 1.807) is 0 Å². The molecule has 2 aromatic rings. The molecule has 1 N–H and O–H groups in total. The molecule has 1 aromatic heterocycles. The van der Waals surface area contributed by atoms with Gasteiger partial charge in [0.05, 0.1) is 11.4 Å². The molecule has 0 aliphatic carbocycles. The van der Waals surface area contributed by atoms with Gasteiger partial charge in [-0.3, -0.25) is 0 Å². The Balaban J connectivity index is 2.33. The van der Waals surface area contributed by atoms with Crippen LogP contribution in [0, 0.1) is 13.8 Å². The Labute approximate surface area is 114 Å². The Kier molecular flexibility index (Phi) is 3.96. The van der Waals surface area contributed by atoms with Crippen molar-refractivity contribution in [1.82, 2.24) is 10.2 Å². The molecule has 0 spiro atoms. The van der Waals surface area contributed by atoms with Crippen molar-refractivity contribution < 1.29 is 5.11 Å². The highest BCUT2D eigenvalue weighted by Gasteiger charge is 2.14. The summed E-state index contributed by atoms with van der Waals surface area (Å²) < 4.78 is 0. The van der Waals surface area contributed by atoms with Crippen molar-refractivity contribution in [3.8, 4) is 0 Å². The maximum absolute atomic E-state index is 10.5. The lowest BCUT2D eigenvalue weighted by Crippen LogP contribution is -2.06. The molecule has 0 radical (unpaired) electrons. The number of rotatable bonds is 3. The van der Waals surface area contributed by atoms with Gasteiger partial charge in [0.25, 0.3) is 0 Å². The lowest BCUT2D eigenvalue weighted by atomic mass is 9.96. The number of hydrogen-bond donors (Lipinski definition) is 1. The van der Waals surface area contributed by atoms with E-state index in [0.29, 0.717) is 5.92 Å². The lowest BCUT2D eigenvalue weighted by Gasteiger charge is -2.15. The molecule has 0 bridgehead atoms. The van der Waals surface area contributed by atoms with Crippen LogP contribution >= 0.6 is 0 Å². The first kappa shape index (κ1) is 13.7. The molecule has 1 unspecified atom stereocenters. The second-order valence-corrected chi connectivity index (χ2v) is 5.25. The first-order valence-electron chi connectivity index (χ1n) is 6.57. The van der Waals surface area contributed by atoms with Gasteiger partial charge in [-0.2, -0.15) is 10.2 Å². The van der Waals surface area contributed by atoms with Crippen molar-refractivity contribution in [3.05, 3.63) is 58.4 Å². The number of aliphatic hydroxyl groups is 1. The second-order valence-electron chi connectivity index (χ2n) is 5.25. The highest BCUT2D eigenvalue weighted by Crippen LogP contribution is 2.25. The van der Waals surface area contributed by atoms with E-state index in [4.69, 9.17) is 0 Å². The van der Waals surface area contributed by atoms with E-state index in [1.807, 2.05) is 32.0 Å². The molecule has 1 aromatic carbocycles. The summed E-state index contributed by atoms with van der Waals surface area (Å²) in [6, 6.07) is 9.99. The molecule has 0 aliphatic rings. The van der Waals surface area contributed by atoms with Crippen molar-refractivity contribution in [2.24, 2.45) is 0 Å². The molecule has 3 nitrogen and oxygen atoms in total. The third kappa shape index (κ3) is 2.99. The van der Waals surface area contributed by atoms with Crippen molar-refractivity contribution in [1.29, 1.82) is 0 Å². The van der Waals surface area contributed by atoms with Crippen LogP contribution in [-0.2, 0) is 0 Å². The minimum absolute atomic E-state index is 0.498. The third-order valence-corrected chi connectivity index (χ3v) is 3.35. The molecule has 100 valence electrons. The van der Waals surface area contributed by atoms with Crippen molar-refractivity contribution in [2.75, 3.05) is 0 Å². The first-order chi connectivity index (χ1) is 8.99. The molecule has 19 heavy (non-hydrogen) atoms. The molecule has 3 heteroatoms. The molecule has 0 saturated carbocycles. The SMILES string of the molecule is Cc1cc(C(O)c2ccc(C(C)C)cc2)c(C)nn1. The fourth-order valence-corrected chi connectivity index (χ4v) is 2.09. The van der Waals surface area contributed by atoms with Crippen molar-refractivity contribution in [2.45, 2.75) is 39.7 Å². The van der Waals surface area contributed by atoms with Crippen LogP contribution in [0.2, 0.25) is 0 Å². The van der Waals surface area contributed by atoms with Crippen LogP contribution in [0.5, 0.6) is 0 Å². The molecule has 0 fully saturated rings. The van der Waals surface area contributed by atoms with Crippen molar-refractivity contribution in [3.63, 3.8) is 0 Å². The lowest BCUT2D eigenvalue weighted by molar-refractivity contribution is 0.218. The predicted molar refractivity (Wildman–Crippen MR) is 76.1 cm³/mol. The van der Waals surface area contributed by atoms with Gasteiger partial charge < -0.3 is 5.11 Å². The van der Waals surface area contributed by atoms with Crippen LogP contribution in [0.15, 0.2) is 30.3 Å². The van der Waals surface area contributed by atoms with Crippen LogP contribution in [0.25, 0.3) is 0 Å². The zero-order chi connectivity index (χ0) is 14.0. The molecule has 1 heterocycles. The largest absolute Gasteiger partial charge is 0.384 e. The van der Waals surface area contributed by atoms with Gasteiger partial charge in [0.2, 0.25) is 0 Å². The van der Waals surface area contributed by atoms with Gasteiger partial charge in [0, 0.05) is 5.56 Å². The number of benzene rings is 1. The average Bonchev–Trinajstić information content (AvgIpc) is 2.41. The van der Waals surface area contributed by atoms with Gasteiger partial charge in [-0.15, -0.1) is 0 Å². The maximum atomic E-state index is 10.5. The summed E-state index contributed by atoms with van der Waals surface area (Å²) in [5.74, 6) is 0.498. The third-order valence-electron chi connectivity index (χ3n) is 3.35. The predicted octanol–water partition coefficient (Wildman–Crippen LogP) is 3.30. The molecule has 0 saturated heterocycles. The summed E-state index contributed by atoms with van der Waals surface area (Å²) in [5, 5.41) is 18.5. The van der Waals surface area contributed by atoms with E-state index in [9.17, 15) is 5.11 Å². The molecular formula is C16H20N2O. The van der Waals surface area contributed by atoms with E-state index in [2.05, 4.69) is 36.2 Å². The number of aliphatic hydroxyl groups excluding tert-OH is 1. The highest BCUT2D eigenvalue weighted by atomic mass is 16.3. The molecule has 2 rings (SSSR count). The van der Waals surface area contributed by atoms with Gasteiger partial charge >= 0.3 is 0 Å². The minimum Gasteiger partial charge on any atom is -0.384 e. The summed E-state index contributed by atoms with van der Waals surface area (Å²) in [4.78, 5) is 0. The Bertz CT molecular complexity index is 561. The molecular weight excluding hydrogens is 236 g/mol. The summed E-state index contributed by atoms with van der Waals surface area (Å²) in [7, 11) is 0. The van der Waals surface area contributed by atoms with Crippen LogP contribution in [0.3, 0.4) is 0 Å². The summed E-state index contributed by atoms with van der Waals surface area (Å²) in [6.07, 6.45) is -0.643.